The van der Waals surface area contributed by atoms with Crippen LogP contribution in [0.4, 0.5) is 0 Å². The summed E-state index contributed by atoms with van der Waals surface area (Å²) >= 11 is 0. The van der Waals surface area contributed by atoms with E-state index < -0.39 is 5.60 Å². The number of rotatable bonds is 3. The molecule has 1 atom stereocenters. The smallest absolute Gasteiger partial charge is 0.0871 e. The van der Waals surface area contributed by atoms with Crippen molar-refractivity contribution in [3.05, 3.63) is 35.4 Å². The molecule has 1 saturated carbocycles. The summed E-state index contributed by atoms with van der Waals surface area (Å²) in [7, 11) is 0. The van der Waals surface area contributed by atoms with E-state index in [0.717, 1.165) is 17.9 Å². The number of benzene rings is 1. The second-order valence-electron chi connectivity index (χ2n) is 5.49. The van der Waals surface area contributed by atoms with E-state index in [-0.39, 0.29) is 0 Å². The SMILES string of the molecule is Cc1ccc(C(C)(O)CC2CCCC2)cc1. The molecule has 0 saturated heterocycles. The van der Waals surface area contributed by atoms with Crippen LogP contribution in [0.1, 0.15) is 50.2 Å². The molecule has 0 bridgehead atoms. The number of hydrogen-bond donors (Lipinski definition) is 1. The summed E-state index contributed by atoms with van der Waals surface area (Å²) < 4.78 is 0. The maximum atomic E-state index is 10.5. The van der Waals surface area contributed by atoms with Gasteiger partial charge in [-0.3, -0.25) is 0 Å². The predicted molar refractivity (Wildman–Crippen MR) is 67.3 cm³/mol. The number of aliphatic hydroxyl groups is 1. The van der Waals surface area contributed by atoms with Gasteiger partial charge in [0, 0.05) is 0 Å². The largest absolute Gasteiger partial charge is 0.385 e. The Morgan fingerprint density at radius 3 is 2.31 bits per heavy atom. The van der Waals surface area contributed by atoms with Gasteiger partial charge in [0.05, 0.1) is 5.60 Å². The van der Waals surface area contributed by atoms with Crippen LogP contribution in [0.15, 0.2) is 24.3 Å². The van der Waals surface area contributed by atoms with Gasteiger partial charge in [-0.2, -0.15) is 0 Å². The highest BCUT2D eigenvalue weighted by atomic mass is 16.3. The van der Waals surface area contributed by atoms with Gasteiger partial charge in [0.1, 0.15) is 0 Å². The summed E-state index contributed by atoms with van der Waals surface area (Å²) in [6, 6.07) is 8.28. The Hall–Kier alpha value is -0.820. The Bertz CT molecular complexity index is 331. The molecular formula is C15H22O. The fourth-order valence-electron chi connectivity index (χ4n) is 2.81. The van der Waals surface area contributed by atoms with Gasteiger partial charge in [-0.15, -0.1) is 0 Å². The quantitative estimate of drug-likeness (QED) is 0.818. The Morgan fingerprint density at radius 1 is 1.19 bits per heavy atom. The topological polar surface area (TPSA) is 20.2 Å². The molecule has 0 aliphatic heterocycles. The summed E-state index contributed by atoms with van der Waals surface area (Å²) in [6.07, 6.45) is 6.18. The van der Waals surface area contributed by atoms with Crippen LogP contribution in [0.3, 0.4) is 0 Å². The van der Waals surface area contributed by atoms with Crippen LogP contribution in [0.5, 0.6) is 0 Å². The van der Waals surface area contributed by atoms with Crippen molar-refractivity contribution in [1.29, 1.82) is 0 Å². The molecule has 1 N–H and O–H groups in total. The Morgan fingerprint density at radius 2 is 1.75 bits per heavy atom. The van der Waals surface area contributed by atoms with E-state index in [2.05, 4.69) is 31.2 Å². The molecule has 0 spiro atoms. The third kappa shape index (κ3) is 2.65. The van der Waals surface area contributed by atoms with Crippen molar-refractivity contribution >= 4 is 0 Å². The van der Waals surface area contributed by atoms with Crippen molar-refractivity contribution in [2.75, 3.05) is 0 Å². The molecule has 0 heterocycles. The molecule has 1 fully saturated rings. The normalized spacial score (nSPS) is 20.9. The minimum absolute atomic E-state index is 0.650. The van der Waals surface area contributed by atoms with Crippen LogP contribution in [-0.4, -0.2) is 5.11 Å². The first-order valence-electron chi connectivity index (χ1n) is 6.37. The van der Waals surface area contributed by atoms with E-state index in [1.165, 1.54) is 31.2 Å². The Balaban J connectivity index is 2.07. The van der Waals surface area contributed by atoms with Crippen LogP contribution in [0, 0.1) is 12.8 Å². The van der Waals surface area contributed by atoms with Gasteiger partial charge in [0.15, 0.2) is 0 Å². The van der Waals surface area contributed by atoms with E-state index in [4.69, 9.17) is 0 Å². The molecule has 2 rings (SSSR count). The summed E-state index contributed by atoms with van der Waals surface area (Å²) in [5.41, 5.74) is 1.66. The van der Waals surface area contributed by atoms with E-state index in [9.17, 15) is 5.11 Å². The molecule has 16 heavy (non-hydrogen) atoms. The highest BCUT2D eigenvalue weighted by Gasteiger charge is 2.28. The summed E-state index contributed by atoms with van der Waals surface area (Å²) in [6.45, 7) is 4.03. The highest BCUT2D eigenvalue weighted by molar-refractivity contribution is 5.26. The summed E-state index contributed by atoms with van der Waals surface area (Å²) in [5.74, 6) is 0.719. The maximum absolute atomic E-state index is 10.5. The lowest BCUT2D eigenvalue weighted by Crippen LogP contribution is -2.24. The molecule has 1 nitrogen and oxygen atoms in total. The average Bonchev–Trinajstić information content (AvgIpc) is 2.70. The second-order valence-corrected chi connectivity index (χ2v) is 5.49. The minimum atomic E-state index is -0.650. The molecule has 1 aliphatic rings. The molecule has 1 aromatic carbocycles. The van der Waals surface area contributed by atoms with E-state index in [1.54, 1.807) is 0 Å². The van der Waals surface area contributed by atoms with Crippen molar-refractivity contribution < 1.29 is 5.11 Å². The van der Waals surface area contributed by atoms with Crippen LogP contribution in [-0.2, 0) is 5.60 Å². The molecular weight excluding hydrogens is 196 g/mol. The van der Waals surface area contributed by atoms with Crippen molar-refractivity contribution in [2.24, 2.45) is 5.92 Å². The highest BCUT2D eigenvalue weighted by Crippen LogP contribution is 2.36. The molecule has 0 amide bonds. The van der Waals surface area contributed by atoms with Crippen LogP contribution < -0.4 is 0 Å². The third-order valence-corrected chi connectivity index (χ3v) is 3.83. The Labute approximate surface area is 98.5 Å². The van der Waals surface area contributed by atoms with E-state index >= 15 is 0 Å². The standard InChI is InChI=1S/C15H22O/c1-12-7-9-14(10-8-12)15(2,16)11-13-5-3-4-6-13/h7-10,13,16H,3-6,11H2,1-2H3. The zero-order valence-corrected chi connectivity index (χ0v) is 10.4. The van der Waals surface area contributed by atoms with E-state index in [1.807, 2.05) is 6.92 Å². The van der Waals surface area contributed by atoms with Gasteiger partial charge < -0.3 is 5.11 Å². The summed E-state index contributed by atoms with van der Waals surface area (Å²) in [5, 5.41) is 10.5. The predicted octanol–water partition coefficient (Wildman–Crippen LogP) is 3.78. The first kappa shape index (κ1) is 11.7. The van der Waals surface area contributed by atoms with Gasteiger partial charge in [-0.25, -0.2) is 0 Å². The van der Waals surface area contributed by atoms with Gasteiger partial charge in [-0.1, -0.05) is 55.5 Å². The van der Waals surface area contributed by atoms with Crippen molar-refractivity contribution in [1.82, 2.24) is 0 Å². The van der Waals surface area contributed by atoms with Gasteiger partial charge >= 0.3 is 0 Å². The van der Waals surface area contributed by atoms with Gasteiger partial charge in [-0.05, 0) is 31.7 Å². The lowest BCUT2D eigenvalue weighted by Gasteiger charge is -2.27. The monoisotopic (exact) mass is 218 g/mol. The fourth-order valence-corrected chi connectivity index (χ4v) is 2.81. The minimum Gasteiger partial charge on any atom is -0.385 e. The second kappa shape index (κ2) is 4.58. The number of hydrogen-bond acceptors (Lipinski definition) is 1. The van der Waals surface area contributed by atoms with Crippen molar-refractivity contribution in [3.63, 3.8) is 0 Å². The molecule has 0 aromatic heterocycles. The molecule has 88 valence electrons. The Kier molecular flexibility index (Phi) is 3.34. The lowest BCUT2D eigenvalue weighted by molar-refractivity contribution is 0.0308. The lowest BCUT2D eigenvalue weighted by atomic mass is 9.85. The number of aryl methyl sites for hydroxylation is 1. The molecule has 0 radical (unpaired) electrons. The molecule has 1 aliphatic carbocycles. The van der Waals surface area contributed by atoms with Gasteiger partial charge in [0.2, 0.25) is 0 Å². The zero-order chi connectivity index (χ0) is 11.6. The molecule has 1 heteroatoms. The molecule has 1 aromatic rings. The van der Waals surface area contributed by atoms with Crippen LogP contribution in [0.25, 0.3) is 0 Å². The first-order chi connectivity index (χ1) is 7.58. The first-order valence-corrected chi connectivity index (χ1v) is 6.37. The van der Waals surface area contributed by atoms with E-state index in [0.29, 0.717) is 0 Å². The van der Waals surface area contributed by atoms with Crippen molar-refractivity contribution in [2.45, 2.75) is 51.6 Å². The third-order valence-electron chi connectivity index (χ3n) is 3.83. The molecule has 1 unspecified atom stereocenters. The fraction of sp³-hybridized carbons (Fsp3) is 0.600. The van der Waals surface area contributed by atoms with Gasteiger partial charge in [0.25, 0.3) is 0 Å². The van der Waals surface area contributed by atoms with Crippen molar-refractivity contribution in [3.8, 4) is 0 Å². The van der Waals surface area contributed by atoms with Crippen LogP contribution >= 0.6 is 0 Å². The van der Waals surface area contributed by atoms with Crippen LogP contribution in [0.2, 0.25) is 0 Å². The zero-order valence-electron chi connectivity index (χ0n) is 10.4. The summed E-state index contributed by atoms with van der Waals surface area (Å²) in [4.78, 5) is 0. The maximum Gasteiger partial charge on any atom is 0.0871 e. The average molecular weight is 218 g/mol.